The molecular formula is C24H52N2O2. The van der Waals surface area contributed by atoms with Crippen LogP contribution < -0.4 is 0 Å². The van der Waals surface area contributed by atoms with E-state index in [9.17, 15) is 10.2 Å². The minimum Gasteiger partial charge on any atom is -0.396 e. The van der Waals surface area contributed by atoms with Crippen molar-refractivity contribution in [1.29, 1.82) is 0 Å². The topological polar surface area (TPSA) is 46.9 Å². The summed E-state index contributed by atoms with van der Waals surface area (Å²) in [5, 5.41) is 18.6. The van der Waals surface area contributed by atoms with E-state index in [4.69, 9.17) is 0 Å². The molecule has 4 nitrogen and oxygen atoms in total. The van der Waals surface area contributed by atoms with Crippen molar-refractivity contribution in [2.45, 2.75) is 87.2 Å². The van der Waals surface area contributed by atoms with Crippen LogP contribution in [0.3, 0.4) is 0 Å². The van der Waals surface area contributed by atoms with Crippen LogP contribution in [-0.4, -0.2) is 72.0 Å². The maximum atomic E-state index is 9.34. The van der Waals surface area contributed by atoms with E-state index in [-0.39, 0.29) is 6.10 Å². The van der Waals surface area contributed by atoms with Gasteiger partial charge in [0, 0.05) is 32.8 Å². The molecule has 0 amide bonds. The Hall–Kier alpha value is -0.160. The molecule has 0 aliphatic carbocycles. The molecule has 0 aromatic heterocycles. The zero-order valence-corrected chi connectivity index (χ0v) is 20.4. The molecule has 170 valence electrons. The van der Waals surface area contributed by atoms with Crippen molar-refractivity contribution in [3.05, 3.63) is 0 Å². The van der Waals surface area contributed by atoms with E-state index in [0.717, 1.165) is 45.1 Å². The number of piperidine rings is 2. The van der Waals surface area contributed by atoms with Crippen LogP contribution in [0.2, 0.25) is 0 Å². The molecule has 0 unspecified atom stereocenters. The zero-order valence-electron chi connectivity index (χ0n) is 20.4. The van der Waals surface area contributed by atoms with E-state index in [2.05, 4.69) is 65.2 Å². The summed E-state index contributed by atoms with van der Waals surface area (Å²) in [5.41, 5.74) is 0.418. The Morgan fingerprint density at radius 3 is 1.75 bits per heavy atom. The highest BCUT2D eigenvalue weighted by Crippen LogP contribution is 2.32. The van der Waals surface area contributed by atoms with Crippen molar-refractivity contribution >= 4 is 0 Å². The molecule has 0 spiro atoms. The maximum Gasteiger partial charge on any atom is 0.0670 e. The fourth-order valence-electron chi connectivity index (χ4n) is 4.51. The summed E-state index contributed by atoms with van der Waals surface area (Å²) in [6.07, 6.45) is 4.64. The van der Waals surface area contributed by atoms with Crippen LogP contribution in [0.5, 0.6) is 0 Å². The van der Waals surface area contributed by atoms with Gasteiger partial charge in [0.25, 0.3) is 0 Å². The highest BCUT2D eigenvalue weighted by atomic mass is 16.3. The molecule has 2 heterocycles. The largest absolute Gasteiger partial charge is 0.396 e. The van der Waals surface area contributed by atoms with Gasteiger partial charge in [0.2, 0.25) is 0 Å². The van der Waals surface area contributed by atoms with E-state index in [1.54, 1.807) is 0 Å². The van der Waals surface area contributed by atoms with Crippen molar-refractivity contribution in [2.75, 3.05) is 45.9 Å². The summed E-state index contributed by atoms with van der Waals surface area (Å²) in [6.45, 7) is 24.6. The lowest BCUT2D eigenvalue weighted by molar-refractivity contribution is 0.0476. The molecule has 2 rings (SSSR count). The van der Waals surface area contributed by atoms with Gasteiger partial charge >= 0.3 is 0 Å². The van der Waals surface area contributed by atoms with Crippen LogP contribution in [-0.2, 0) is 0 Å². The second-order valence-electron chi connectivity index (χ2n) is 10.3. The molecule has 2 saturated heterocycles. The van der Waals surface area contributed by atoms with E-state index in [1.807, 2.05) is 0 Å². The fourth-order valence-corrected chi connectivity index (χ4v) is 4.51. The average molecular weight is 401 g/mol. The van der Waals surface area contributed by atoms with Crippen molar-refractivity contribution in [2.24, 2.45) is 23.2 Å². The molecule has 4 atom stereocenters. The highest BCUT2D eigenvalue weighted by molar-refractivity contribution is 4.81. The number of likely N-dealkylation sites (tertiary alicyclic amines) is 2. The SMILES string of the molecule is CCC.CCN1C[C@@H](C)C[C@@H](O)C1.CCN1C[C@H](CO)C[C@@H](CC(C)(C)C)C1. The number of hydrogen-bond acceptors (Lipinski definition) is 4. The third-order valence-corrected chi connectivity index (χ3v) is 5.47. The predicted octanol–water partition coefficient (Wildman–Crippen LogP) is 4.50. The minimum absolute atomic E-state index is 0.0799. The van der Waals surface area contributed by atoms with Gasteiger partial charge in [-0.1, -0.05) is 61.8 Å². The monoisotopic (exact) mass is 400 g/mol. The van der Waals surface area contributed by atoms with Gasteiger partial charge in [0.05, 0.1) is 6.10 Å². The van der Waals surface area contributed by atoms with Gasteiger partial charge in [-0.2, -0.15) is 0 Å². The summed E-state index contributed by atoms with van der Waals surface area (Å²) in [6, 6.07) is 0. The number of rotatable bonds is 4. The molecular weight excluding hydrogens is 348 g/mol. The third kappa shape index (κ3) is 13.1. The average Bonchev–Trinajstić information content (AvgIpc) is 2.60. The van der Waals surface area contributed by atoms with Gasteiger partial charge in [0.1, 0.15) is 0 Å². The molecule has 0 bridgehead atoms. The summed E-state index contributed by atoms with van der Waals surface area (Å²) < 4.78 is 0. The van der Waals surface area contributed by atoms with Crippen LogP contribution in [0.15, 0.2) is 0 Å². The number of nitrogens with zero attached hydrogens (tertiary/aromatic N) is 2. The summed E-state index contributed by atoms with van der Waals surface area (Å²) in [7, 11) is 0. The zero-order chi connectivity index (χ0) is 21.7. The number of hydrogen-bond donors (Lipinski definition) is 2. The predicted molar refractivity (Wildman–Crippen MR) is 123 cm³/mol. The molecule has 0 saturated carbocycles. The first-order valence-corrected chi connectivity index (χ1v) is 11.8. The Bertz CT molecular complexity index is 348. The summed E-state index contributed by atoms with van der Waals surface area (Å²) in [4.78, 5) is 4.79. The first kappa shape index (κ1) is 27.8. The van der Waals surface area contributed by atoms with Crippen LogP contribution in [0.1, 0.15) is 81.1 Å². The molecule has 0 aromatic carbocycles. The van der Waals surface area contributed by atoms with E-state index in [1.165, 1.54) is 25.8 Å². The second kappa shape index (κ2) is 14.8. The first-order chi connectivity index (χ1) is 13.1. The van der Waals surface area contributed by atoms with Crippen molar-refractivity contribution in [3.63, 3.8) is 0 Å². The molecule has 2 N–H and O–H groups in total. The molecule has 2 fully saturated rings. The molecule has 28 heavy (non-hydrogen) atoms. The minimum atomic E-state index is -0.0799. The lowest BCUT2D eigenvalue weighted by atomic mass is 9.78. The molecule has 4 heteroatoms. The van der Waals surface area contributed by atoms with Gasteiger partial charge in [-0.15, -0.1) is 0 Å². The molecule has 0 aromatic rings. The second-order valence-corrected chi connectivity index (χ2v) is 10.3. The van der Waals surface area contributed by atoms with E-state index in [0.29, 0.717) is 23.9 Å². The first-order valence-electron chi connectivity index (χ1n) is 11.8. The van der Waals surface area contributed by atoms with Crippen molar-refractivity contribution in [1.82, 2.24) is 9.80 Å². The fraction of sp³-hybridized carbons (Fsp3) is 1.00. The van der Waals surface area contributed by atoms with Crippen LogP contribution in [0, 0.1) is 23.2 Å². The van der Waals surface area contributed by atoms with E-state index < -0.39 is 0 Å². The maximum absolute atomic E-state index is 9.34. The Morgan fingerprint density at radius 2 is 1.32 bits per heavy atom. The highest BCUT2D eigenvalue weighted by Gasteiger charge is 2.28. The molecule has 2 aliphatic heterocycles. The lowest BCUT2D eigenvalue weighted by Gasteiger charge is -2.39. The van der Waals surface area contributed by atoms with Crippen LogP contribution >= 0.6 is 0 Å². The number of aliphatic hydroxyl groups excluding tert-OH is 2. The Kier molecular flexibility index (Phi) is 14.7. The summed E-state index contributed by atoms with van der Waals surface area (Å²) in [5.74, 6) is 1.95. The van der Waals surface area contributed by atoms with Gasteiger partial charge in [-0.25, -0.2) is 0 Å². The van der Waals surface area contributed by atoms with E-state index >= 15 is 0 Å². The van der Waals surface area contributed by atoms with Gasteiger partial charge in [-0.3, -0.25) is 0 Å². The Balaban J connectivity index is 0.000000483. The number of β-amino-alcohol motifs (C(OH)–C–C–N with tert-alkyl or cyclic N) is 1. The van der Waals surface area contributed by atoms with Crippen LogP contribution in [0.25, 0.3) is 0 Å². The van der Waals surface area contributed by atoms with Crippen molar-refractivity contribution in [3.8, 4) is 0 Å². The normalized spacial score (nSPS) is 29.4. The molecule has 0 radical (unpaired) electrons. The van der Waals surface area contributed by atoms with Gasteiger partial charge in [-0.05, 0) is 55.5 Å². The third-order valence-electron chi connectivity index (χ3n) is 5.47. The van der Waals surface area contributed by atoms with Gasteiger partial charge in [0.15, 0.2) is 0 Å². The number of likely N-dealkylation sites (N-methyl/N-ethyl adjacent to an activating group) is 1. The molecule has 2 aliphatic rings. The Morgan fingerprint density at radius 1 is 0.821 bits per heavy atom. The van der Waals surface area contributed by atoms with Crippen molar-refractivity contribution < 1.29 is 10.2 Å². The van der Waals surface area contributed by atoms with Gasteiger partial charge < -0.3 is 20.0 Å². The lowest BCUT2D eigenvalue weighted by Crippen LogP contribution is -2.42. The van der Waals surface area contributed by atoms with Crippen LogP contribution in [0.4, 0.5) is 0 Å². The smallest absolute Gasteiger partial charge is 0.0670 e. The standard InChI is InChI=1S/C13H27NO.C8H17NO.C3H8/c1-5-14-8-11(7-13(2,3)4)6-12(9-14)10-15;1-3-9-5-7(2)4-8(10)6-9;1-3-2/h11-12,15H,5-10H2,1-4H3;7-8,10H,3-6H2,1-2H3;3H2,1-2H3/t11-,12+;7-,8+;/m00./s1. The summed E-state index contributed by atoms with van der Waals surface area (Å²) >= 11 is 0. The number of aliphatic hydroxyl groups is 2. The quantitative estimate of drug-likeness (QED) is 0.729. The Labute approximate surface area is 176 Å².